The predicted molar refractivity (Wildman–Crippen MR) is 83.0 cm³/mol. The molecular formula is C13H19BrClNO2S. The van der Waals surface area contributed by atoms with Crippen LogP contribution in [0.5, 0.6) is 0 Å². The number of benzene rings is 1. The number of sulfonamides is 1. The van der Waals surface area contributed by atoms with E-state index < -0.39 is 10.0 Å². The van der Waals surface area contributed by atoms with Gasteiger partial charge in [-0.3, -0.25) is 0 Å². The van der Waals surface area contributed by atoms with Gasteiger partial charge in [0.15, 0.2) is 0 Å². The van der Waals surface area contributed by atoms with E-state index >= 15 is 0 Å². The number of nitrogens with zero attached hydrogens (tertiary/aromatic N) is 1. The average molecular weight is 369 g/mol. The summed E-state index contributed by atoms with van der Waals surface area (Å²) in [5.41, 5.74) is 0.887. The molecule has 0 N–H and O–H groups in total. The molecule has 0 aliphatic carbocycles. The minimum absolute atomic E-state index is 0.0182. The molecule has 0 bridgehead atoms. The van der Waals surface area contributed by atoms with Crippen molar-refractivity contribution in [3.63, 3.8) is 0 Å². The Balaban J connectivity index is 3.20. The zero-order chi connectivity index (χ0) is 14.6. The van der Waals surface area contributed by atoms with Gasteiger partial charge in [-0.1, -0.05) is 19.9 Å². The van der Waals surface area contributed by atoms with Crippen molar-refractivity contribution in [3.8, 4) is 0 Å². The molecule has 1 rings (SSSR count). The molecule has 0 amide bonds. The molecular weight excluding hydrogens is 350 g/mol. The summed E-state index contributed by atoms with van der Waals surface area (Å²) in [6.45, 7) is 3.98. The monoisotopic (exact) mass is 367 g/mol. The summed E-state index contributed by atoms with van der Waals surface area (Å²) in [4.78, 5) is 0.288. The lowest BCUT2D eigenvalue weighted by atomic mass is 10.2. The molecule has 0 saturated heterocycles. The molecule has 0 spiro atoms. The van der Waals surface area contributed by atoms with Crippen LogP contribution < -0.4 is 0 Å². The van der Waals surface area contributed by atoms with Crippen LogP contribution in [0.4, 0.5) is 0 Å². The van der Waals surface area contributed by atoms with Crippen LogP contribution in [-0.2, 0) is 15.9 Å². The summed E-state index contributed by atoms with van der Waals surface area (Å²) in [7, 11) is -1.84. The van der Waals surface area contributed by atoms with Gasteiger partial charge in [0.1, 0.15) is 0 Å². The Morgan fingerprint density at radius 1 is 1.32 bits per heavy atom. The molecule has 0 aliphatic rings. The number of hydrogen-bond donors (Lipinski definition) is 0. The molecule has 19 heavy (non-hydrogen) atoms. The summed E-state index contributed by atoms with van der Waals surface area (Å²) in [6.07, 6.45) is 1.59. The number of alkyl halides is 1. The van der Waals surface area contributed by atoms with Crippen molar-refractivity contribution in [2.24, 2.45) is 0 Å². The van der Waals surface area contributed by atoms with Crippen molar-refractivity contribution >= 4 is 37.6 Å². The lowest BCUT2D eigenvalue weighted by Gasteiger charge is -2.26. The molecule has 0 radical (unpaired) electrons. The summed E-state index contributed by atoms with van der Waals surface area (Å²) in [5, 5.41) is 0. The van der Waals surface area contributed by atoms with E-state index in [2.05, 4.69) is 15.9 Å². The first-order valence-corrected chi connectivity index (χ1v) is 8.97. The van der Waals surface area contributed by atoms with Crippen molar-refractivity contribution < 1.29 is 8.42 Å². The van der Waals surface area contributed by atoms with Crippen LogP contribution in [0.25, 0.3) is 0 Å². The second-order valence-electron chi connectivity index (χ2n) is 4.39. The van der Waals surface area contributed by atoms with Crippen LogP contribution in [0.15, 0.2) is 27.6 Å². The fraction of sp³-hybridized carbons (Fsp3) is 0.538. The molecule has 1 aromatic carbocycles. The zero-order valence-corrected chi connectivity index (χ0v) is 14.5. The zero-order valence-electron chi connectivity index (χ0n) is 11.4. The van der Waals surface area contributed by atoms with Crippen molar-refractivity contribution in [3.05, 3.63) is 28.2 Å². The highest BCUT2D eigenvalue weighted by Crippen LogP contribution is 2.28. The second-order valence-corrected chi connectivity index (χ2v) is 7.48. The standard InChI is InChI=1S/C13H19BrClNO2S/c1-4-11(5-2)16(3)19(17,18)13-7-6-10(9-15)8-12(13)14/h6-8,11H,4-5,9H2,1-3H3. The topological polar surface area (TPSA) is 37.4 Å². The number of rotatable bonds is 6. The highest BCUT2D eigenvalue weighted by Gasteiger charge is 2.27. The maximum atomic E-state index is 12.6. The predicted octanol–water partition coefficient (Wildman–Crippen LogP) is 4.00. The van der Waals surface area contributed by atoms with Crippen molar-refractivity contribution in [2.75, 3.05) is 7.05 Å². The maximum absolute atomic E-state index is 12.6. The van der Waals surface area contributed by atoms with E-state index in [0.29, 0.717) is 10.4 Å². The molecule has 0 unspecified atom stereocenters. The first-order chi connectivity index (χ1) is 8.88. The Kier molecular flexibility index (Phi) is 6.30. The minimum atomic E-state index is -3.47. The molecule has 0 heterocycles. The molecule has 0 aliphatic heterocycles. The Hall–Kier alpha value is -0.100. The SMILES string of the molecule is CCC(CC)N(C)S(=O)(=O)c1ccc(CCl)cc1Br. The van der Waals surface area contributed by atoms with Crippen LogP contribution in [-0.4, -0.2) is 25.8 Å². The molecule has 3 nitrogen and oxygen atoms in total. The summed E-state index contributed by atoms with van der Waals surface area (Å²) in [6, 6.07) is 5.12. The van der Waals surface area contributed by atoms with E-state index in [4.69, 9.17) is 11.6 Å². The average Bonchev–Trinajstić information content (AvgIpc) is 2.39. The molecule has 6 heteroatoms. The van der Waals surface area contributed by atoms with E-state index in [1.807, 2.05) is 13.8 Å². The maximum Gasteiger partial charge on any atom is 0.244 e. The van der Waals surface area contributed by atoms with E-state index in [-0.39, 0.29) is 10.9 Å². The smallest absolute Gasteiger partial charge is 0.207 e. The molecule has 0 aromatic heterocycles. The second kappa shape index (κ2) is 7.07. The fourth-order valence-corrected chi connectivity index (χ4v) is 4.74. The summed E-state index contributed by atoms with van der Waals surface area (Å²) in [5.74, 6) is 0.362. The first kappa shape index (κ1) is 17.0. The van der Waals surface area contributed by atoms with E-state index in [1.54, 1.807) is 25.2 Å². The van der Waals surface area contributed by atoms with Gasteiger partial charge in [0.2, 0.25) is 10.0 Å². The van der Waals surface area contributed by atoms with Gasteiger partial charge in [-0.25, -0.2) is 8.42 Å². The molecule has 1 aromatic rings. The van der Waals surface area contributed by atoms with Crippen molar-refractivity contribution in [1.29, 1.82) is 0 Å². The van der Waals surface area contributed by atoms with E-state index in [9.17, 15) is 8.42 Å². The van der Waals surface area contributed by atoms with Crippen LogP contribution in [0.3, 0.4) is 0 Å². The highest BCUT2D eigenvalue weighted by molar-refractivity contribution is 9.10. The van der Waals surface area contributed by atoms with Crippen LogP contribution >= 0.6 is 27.5 Å². The third kappa shape index (κ3) is 3.72. The van der Waals surface area contributed by atoms with Gasteiger partial charge in [0, 0.05) is 23.4 Å². The van der Waals surface area contributed by atoms with Gasteiger partial charge >= 0.3 is 0 Å². The molecule has 0 atom stereocenters. The summed E-state index contributed by atoms with van der Waals surface area (Å²) >= 11 is 9.06. The lowest BCUT2D eigenvalue weighted by Crippen LogP contribution is -2.36. The Morgan fingerprint density at radius 3 is 2.32 bits per heavy atom. The third-order valence-corrected chi connectivity index (χ3v) is 6.46. The fourth-order valence-electron chi connectivity index (χ4n) is 1.99. The quantitative estimate of drug-likeness (QED) is 0.712. The number of hydrogen-bond acceptors (Lipinski definition) is 2. The number of halogens is 2. The van der Waals surface area contributed by atoms with Crippen LogP contribution in [0.1, 0.15) is 32.3 Å². The highest BCUT2D eigenvalue weighted by atomic mass is 79.9. The van der Waals surface area contributed by atoms with Gasteiger partial charge in [-0.05, 0) is 46.5 Å². The van der Waals surface area contributed by atoms with Crippen LogP contribution in [0, 0.1) is 0 Å². The molecule has 0 fully saturated rings. The van der Waals surface area contributed by atoms with E-state index in [0.717, 1.165) is 18.4 Å². The van der Waals surface area contributed by atoms with E-state index in [1.165, 1.54) is 4.31 Å². The first-order valence-electron chi connectivity index (χ1n) is 6.20. The van der Waals surface area contributed by atoms with Crippen molar-refractivity contribution in [2.45, 2.75) is 43.5 Å². The lowest BCUT2D eigenvalue weighted by molar-refractivity contribution is 0.349. The normalized spacial score (nSPS) is 12.4. The van der Waals surface area contributed by atoms with Gasteiger partial charge in [0.25, 0.3) is 0 Å². The van der Waals surface area contributed by atoms with Crippen molar-refractivity contribution in [1.82, 2.24) is 4.31 Å². The van der Waals surface area contributed by atoms with Gasteiger partial charge in [-0.2, -0.15) is 4.31 Å². The Morgan fingerprint density at radius 2 is 1.89 bits per heavy atom. The molecule has 0 saturated carbocycles. The van der Waals surface area contributed by atoms with Gasteiger partial charge in [0.05, 0.1) is 4.90 Å². The minimum Gasteiger partial charge on any atom is -0.207 e. The third-order valence-electron chi connectivity index (χ3n) is 3.26. The largest absolute Gasteiger partial charge is 0.244 e. The summed E-state index contributed by atoms with van der Waals surface area (Å²) < 4.78 is 27.2. The van der Waals surface area contributed by atoms with Gasteiger partial charge in [-0.15, -0.1) is 11.6 Å². The Labute approximate surface area is 129 Å². The molecule has 108 valence electrons. The van der Waals surface area contributed by atoms with Crippen LogP contribution in [0.2, 0.25) is 0 Å². The Bertz CT molecular complexity index is 529. The van der Waals surface area contributed by atoms with Gasteiger partial charge < -0.3 is 0 Å².